The molecule has 0 bridgehead atoms. The molecular formula is C28H33NO6. The molecule has 0 amide bonds. The molecule has 0 fully saturated rings. The zero-order chi connectivity index (χ0) is 25.2. The highest BCUT2D eigenvalue weighted by atomic mass is 16.5. The van der Waals surface area contributed by atoms with Gasteiger partial charge in [-0.3, -0.25) is 0 Å². The summed E-state index contributed by atoms with van der Waals surface area (Å²) in [5, 5.41) is 0. The Balaban J connectivity index is 2.01. The van der Waals surface area contributed by atoms with Crippen LogP contribution in [0, 0.1) is 0 Å². The predicted octanol–water partition coefficient (Wildman–Crippen LogP) is 4.98. The number of carbonyl (C=O) groups excluding carboxylic acids is 2. The summed E-state index contributed by atoms with van der Waals surface area (Å²) >= 11 is 0. The van der Waals surface area contributed by atoms with E-state index in [9.17, 15) is 9.59 Å². The van der Waals surface area contributed by atoms with E-state index in [1.165, 1.54) is 0 Å². The van der Waals surface area contributed by atoms with Crippen molar-refractivity contribution < 1.29 is 28.5 Å². The van der Waals surface area contributed by atoms with Crippen molar-refractivity contribution >= 4 is 11.9 Å². The van der Waals surface area contributed by atoms with E-state index < -0.39 is 17.9 Å². The van der Waals surface area contributed by atoms with E-state index in [1.807, 2.05) is 60.4 Å². The van der Waals surface area contributed by atoms with Crippen LogP contribution in [-0.2, 0) is 25.6 Å². The van der Waals surface area contributed by atoms with Gasteiger partial charge >= 0.3 is 11.9 Å². The fourth-order valence-corrected chi connectivity index (χ4v) is 3.85. The average Bonchev–Trinajstić information content (AvgIpc) is 2.88. The fourth-order valence-electron chi connectivity index (χ4n) is 3.85. The van der Waals surface area contributed by atoms with Gasteiger partial charge in [-0.05, 0) is 55.7 Å². The van der Waals surface area contributed by atoms with Gasteiger partial charge in [-0.25, -0.2) is 9.59 Å². The molecule has 186 valence electrons. The molecule has 0 spiro atoms. The minimum Gasteiger partial charge on any atom is -0.497 e. The minimum absolute atomic E-state index is 0.226. The molecular weight excluding hydrogens is 446 g/mol. The number of benzene rings is 2. The van der Waals surface area contributed by atoms with Crippen LogP contribution in [0.5, 0.6) is 11.5 Å². The van der Waals surface area contributed by atoms with E-state index >= 15 is 0 Å². The summed E-state index contributed by atoms with van der Waals surface area (Å²) < 4.78 is 21.7. The second-order valence-electron chi connectivity index (χ2n) is 7.98. The molecule has 2 aromatic carbocycles. The van der Waals surface area contributed by atoms with Gasteiger partial charge in [0.1, 0.15) is 11.5 Å². The van der Waals surface area contributed by atoms with Crippen LogP contribution in [0.2, 0.25) is 0 Å². The van der Waals surface area contributed by atoms with Crippen molar-refractivity contribution in [3.8, 4) is 11.5 Å². The molecule has 3 rings (SSSR count). The normalized spacial score (nSPS) is 13.5. The second kappa shape index (κ2) is 12.6. The molecule has 0 aromatic heterocycles. The number of nitrogens with zero attached hydrogens (tertiary/aromatic N) is 1. The molecule has 1 aliphatic rings. The lowest BCUT2D eigenvalue weighted by Gasteiger charge is -2.30. The smallest absolute Gasteiger partial charge is 0.336 e. The van der Waals surface area contributed by atoms with Crippen LogP contribution in [-0.4, -0.2) is 43.8 Å². The Labute approximate surface area is 206 Å². The largest absolute Gasteiger partial charge is 0.497 e. The number of rotatable bonds is 11. The zero-order valence-corrected chi connectivity index (χ0v) is 20.8. The maximum absolute atomic E-state index is 13.1. The van der Waals surface area contributed by atoms with Crippen LogP contribution in [0.3, 0.4) is 0 Å². The maximum Gasteiger partial charge on any atom is 0.336 e. The van der Waals surface area contributed by atoms with E-state index in [-0.39, 0.29) is 13.2 Å². The number of esters is 2. The van der Waals surface area contributed by atoms with Crippen molar-refractivity contribution in [2.75, 3.05) is 26.9 Å². The molecule has 0 atom stereocenters. The van der Waals surface area contributed by atoms with E-state index in [0.29, 0.717) is 24.3 Å². The molecule has 1 heterocycles. The van der Waals surface area contributed by atoms with Gasteiger partial charge in [0.25, 0.3) is 0 Å². The highest BCUT2D eigenvalue weighted by Gasteiger charge is 2.35. The van der Waals surface area contributed by atoms with Gasteiger partial charge in [-0.15, -0.1) is 0 Å². The molecule has 0 radical (unpaired) electrons. The SMILES string of the molecule is CCCOc1ccc(C2C(C(=O)OCC)=CN(Cc3ccc(OC)cc3)C=C2C(=O)OCC)cc1. The summed E-state index contributed by atoms with van der Waals surface area (Å²) in [6, 6.07) is 15.1. The van der Waals surface area contributed by atoms with Gasteiger partial charge in [-0.2, -0.15) is 0 Å². The lowest BCUT2D eigenvalue weighted by atomic mass is 9.83. The Bertz CT molecular complexity index is 1020. The number of ether oxygens (including phenoxy) is 4. The van der Waals surface area contributed by atoms with Crippen LogP contribution in [0.4, 0.5) is 0 Å². The van der Waals surface area contributed by atoms with Gasteiger partial charge in [0, 0.05) is 18.9 Å². The lowest BCUT2D eigenvalue weighted by molar-refractivity contribution is -0.139. The molecule has 35 heavy (non-hydrogen) atoms. The van der Waals surface area contributed by atoms with Crippen LogP contribution in [0.25, 0.3) is 0 Å². The third-order valence-corrected chi connectivity index (χ3v) is 5.46. The first-order chi connectivity index (χ1) is 17.0. The van der Waals surface area contributed by atoms with Gasteiger partial charge < -0.3 is 23.8 Å². The maximum atomic E-state index is 13.1. The summed E-state index contributed by atoms with van der Waals surface area (Å²) in [7, 11) is 1.62. The molecule has 0 saturated heterocycles. The number of carbonyl (C=O) groups is 2. The number of hydrogen-bond acceptors (Lipinski definition) is 7. The van der Waals surface area contributed by atoms with Gasteiger partial charge in [-0.1, -0.05) is 31.2 Å². The quantitative estimate of drug-likeness (QED) is 0.421. The Morgan fingerprint density at radius 1 is 0.800 bits per heavy atom. The second-order valence-corrected chi connectivity index (χ2v) is 7.98. The monoisotopic (exact) mass is 479 g/mol. The summed E-state index contributed by atoms with van der Waals surface area (Å²) in [5.74, 6) is -0.0856. The van der Waals surface area contributed by atoms with Crippen molar-refractivity contribution in [3.63, 3.8) is 0 Å². The van der Waals surface area contributed by atoms with Gasteiger partial charge in [0.15, 0.2) is 0 Å². The van der Waals surface area contributed by atoms with Crippen LogP contribution in [0.15, 0.2) is 72.1 Å². The fraction of sp³-hybridized carbons (Fsp3) is 0.357. The van der Waals surface area contributed by atoms with Crippen molar-refractivity contribution in [1.82, 2.24) is 4.90 Å². The molecule has 0 saturated carbocycles. The first-order valence-corrected chi connectivity index (χ1v) is 11.9. The molecule has 7 nitrogen and oxygen atoms in total. The van der Waals surface area contributed by atoms with E-state index in [2.05, 4.69) is 0 Å². The molecule has 0 unspecified atom stereocenters. The molecule has 2 aromatic rings. The zero-order valence-electron chi connectivity index (χ0n) is 20.8. The van der Waals surface area contributed by atoms with Crippen LogP contribution >= 0.6 is 0 Å². The molecule has 0 N–H and O–H groups in total. The average molecular weight is 480 g/mol. The topological polar surface area (TPSA) is 74.3 Å². The van der Waals surface area contributed by atoms with E-state index in [4.69, 9.17) is 18.9 Å². The van der Waals surface area contributed by atoms with Crippen molar-refractivity contribution in [2.24, 2.45) is 0 Å². The van der Waals surface area contributed by atoms with Crippen LogP contribution in [0.1, 0.15) is 44.2 Å². The number of methoxy groups -OCH3 is 1. The first kappa shape index (κ1) is 25.9. The summed E-state index contributed by atoms with van der Waals surface area (Å²) in [6.07, 6.45) is 4.40. The number of hydrogen-bond donors (Lipinski definition) is 0. The van der Waals surface area contributed by atoms with Crippen molar-refractivity contribution in [3.05, 3.63) is 83.2 Å². The third-order valence-electron chi connectivity index (χ3n) is 5.46. The summed E-state index contributed by atoms with van der Waals surface area (Å²) in [6.45, 7) is 7.08. The van der Waals surface area contributed by atoms with Crippen molar-refractivity contribution in [2.45, 2.75) is 39.7 Å². The standard InChI is InChI=1S/C28H33NO6/c1-5-16-35-23-14-10-21(11-15-23)26-24(27(30)33-6-2)18-29(19-25(26)28(31)34-7-3)17-20-8-12-22(32-4)13-9-20/h8-15,18-19,26H,5-7,16-17H2,1-4H3. The Hall–Kier alpha value is -3.74. The first-order valence-electron chi connectivity index (χ1n) is 11.9. The van der Waals surface area contributed by atoms with Gasteiger partial charge in [0.2, 0.25) is 0 Å². The third kappa shape index (κ3) is 6.66. The molecule has 0 aliphatic carbocycles. The minimum atomic E-state index is -0.625. The van der Waals surface area contributed by atoms with E-state index in [1.54, 1.807) is 33.4 Å². The summed E-state index contributed by atoms with van der Waals surface area (Å²) in [4.78, 5) is 27.9. The Morgan fingerprint density at radius 3 is 1.83 bits per heavy atom. The lowest BCUT2D eigenvalue weighted by Crippen LogP contribution is -2.29. The Morgan fingerprint density at radius 2 is 1.34 bits per heavy atom. The highest BCUT2D eigenvalue weighted by molar-refractivity contribution is 5.98. The predicted molar refractivity (Wildman–Crippen MR) is 133 cm³/mol. The van der Waals surface area contributed by atoms with Crippen molar-refractivity contribution in [1.29, 1.82) is 0 Å². The van der Waals surface area contributed by atoms with Crippen LogP contribution < -0.4 is 9.47 Å². The Kier molecular flexibility index (Phi) is 9.35. The summed E-state index contributed by atoms with van der Waals surface area (Å²) in [5.41, 5.74) is 2.50. The highest BCUT2D eigenvalue weighted by Crippen LogP contribution is 2.38. The van der Waals surface area contributed by atoms with E-state index in [0.717, 1.165) is 29.0 Å². The molecule has 7 heteroatoms. The molecule has 1 aliphatic heterocycles. The van der Waals surface area contributed by atoms with Gasteiger partial charge in [0.05, 0.1) is 44.0 Å².